The lowest BCUT2D eigenvalue weighted by Gasteiger charge is -2.36. The molecule has 0 saturated carbocycles. The second kappa shape index (κ2) is 5.53. The van der Waals surface area contributed by atoms with E-state index in [4.69, 9.17) is 5.73 Å². The molecule has 1 heterocycles. The molecule has 0 aliphatic carbocycles. The number of aryl methyl sites for hydroxylation is 1. The second-order valence-electron chi connectivity index (χ2n) is 5.44. The summed E-state index contributed by atoms with van der Waals surface area (Å²) in [5, 5.41) is 0. The number of nitrogens with two attached hydrogens (primary N) is 1. The van der Waals surface area contributed by atoms with Crippen LogP contribution in [0, 0.1) is 12.8 Å². The van der Waals surface area contributed by atoms with E-state index in [9.17, 15) is 4.79 Å². The van der Waals surface area contributed by atoms with Crippen molar-refractivity contribution in [3.8, 4) is 0 Å². The average molecular weight is 246 g/mol. The zero-order valence-corrected chi connectivity index (χ0v) is 11.2. The van der Waals surface area contributed by atoms with Crippen molar-refractivity contribution in [2.75, 3.05) is 6.54 Å². The third kappa shape index (κ3) is 3.10. The molecule has 98 valence electrons. The number of carbonyl (C=O) groups excluding carboxylic acids is 1. The fourth-order valence-electron chi connectivity index (χ4n) is 2.68. The van der Waals surface area contributed by atoms with E-state index in [2.05, 4.69) is 43.0 Å². The molecule has 0 radical (unpaired) electrons. The number of primary amides is 1. The van der Waals surface area contributed by atoms with Gasteiger partial charge in [0.2, 0.25) is 5.91 Å². The summed E-state index contributed by atoms with van der Waals surface area (Å²) < 4.78 is 0. The van der Waals surface area contributed by atoms with Crippen LogP contribution in [0.3, 0.4) is 0 Å². The molecule has 2 atom stereocenters. The number of rotatable bonds is 3. The number of piperidine rings is 1. The Hall–Kier alpha value is -1.35. The first-order valence-electron chi connectivity index (χ1n) is 6.65. The van der Waals surface area contributed by atoms with Crippen molar-refractivity contribution < 1.29 is 4.79 Å². The van der Waals surface area contributed by atoms with Gasteiger partial charge >= 0.3 is 0 Å². The fraction of sp³-hybridized carbons (Fsp3) is 0.533. The molecule has 3 nitrogen and oxygen atoms in total. The van der Waals surface area contributed by atoms with E-state index in [1.807, 2.05) is 0 Å². The predicted molar refractivity (Wildman–Crippen MR) is 73.0 cm³/mol. The molecule has 2 unspecified atom stereocenters. The van der Waals surface area contributed by atoms with Crippen LogP contribution in [0.15, 0.2) is 24.3 Å². The maximum Gasteiger partial charge on any atom is 0.221 e. The lowest BCUT2D eigenvalue weighted by molar-refractivity contribution is -0.124. The normalized spacial score (nSPS) is 25.0. The van der Waals surface area contributed by atoms with Crippen LogP contribution >= 0.6 is 0 Å². The smallest absolute Gasteiger partial charge is 0.221 e. The number of carbonyl (C=O) groups is 1. The van der Waals surface area contributed by atoms with Gasteiger partial charge in [-0.2, -0.15) is 0 Å². The molecule has 1 amide bonds. The van der Waals surface area contributed by atoms with Crippen molar-refractivity contribution >= 4 is 5.91 Å². The SMILES string of the molecule is Cc1cccc(CN2CC(C(N)=O)CCC2C)c1. The van der Waals surface area contributed by atoms with Gasteiger partial charge in [-0.15, -0.1) is 0 Å². The summed E-state index contributed by atoms with van der Waals surface area (Å²) in [5.41, 5.74) is 8.02. The van der Waals surface area contributed by atoms with Gasteiger partial charge in [0, 0.05) is 19.1 Å². The summed E-state index contributed by atoms with van der Waals surface area (Å²) in [6, 6.07) is 9.08. The highest BCUT2D eigenvalue weighted by Gasteiger charge is 2.28. The monoisotopic (exact) mass is 246 g/mol. The molecular weight excluding hydrogens is 224 g/mol. The van der Waals surface area contributed by atoms with Gasteiger partial charge in [0.05, 0.1) is 5.92 Å². The molecule has 3 heteroatoms. The molecule has 0 aromatic heterocycles. The Kier molecular flexibility index (Phi) is 4.02. The second-order valence-corrected chi connectivity index (χ2v) is 5.44. The average Bonchev–Trinajstić information content (AvgIpc) is 2.31. The number of likely N-dealkylation sites (tertiary alicyclic amines) is 1. The highest BCUT2D eigenvalue weighted by molar-refractivity contribution is 5.76. The minimum absolute atomic E-state index is 0.0195. The molecule has 1 fully saturated rings. The minimum atomic E-state index is -0.156. The van der Waals surface area contributed by atoms with Crippen LogP contribution < -0.4 is 5.73 Å². The van der Waals surface area contributed by atoms with Crippen LogP contribution in [-0.4, -0.2) is 23.4 Å². The van der Waals surface area contributed by atoms with Crippen molar-refractivity contribution in [2.24, 2.45) is 11.7 Å². The van der Waals surface area contributed by atoms with Crippen LogP contribution in [0.4, 0.5) is 0 Å². The van der Waals surface area contributed by atoms with Gasteiger partial charge in [-0.3, -0.25) is 9.69 Å². The van der Waals surface area contributed by atoms with E-state index in [-0.39, 0.29) is 11.8 Å². The highest BCUT2D eigenvalue weighted by atomic mass is 16.1. The molecule has 18 heavy (non-hydrogen) atoms. The zero-order valence-electron chi connectivity index (χ0n) is 11.2. The first kappa shape index (κ1) is 13.1. The molecular formula is C15H22N2O. The first-order chi connectivity index (χ1) is 8.56. The Balaban J connectivity index is 2.04. The quantitative estimate of drug-likeness (QED) is 0.887. The van der Waals surface area contributed by atoms with Crippen LogP contribution in [0.1, 0.15) is 30.9 Å². The molecule has 1 aliphatic heterocycles. The number of nitrogens with zero attached hydrogens (tertiary/aromatic N) is 1. The number of hydrogen-bond donors (Lipinski definition) is 1. The van der Waals surface area contributed by atoms with E-state index in [1.165, 1.54) is 11.1 Å². The number of benzene rings is 1. The van der Waals surface area contributed by atoms with E-state index in [0.717, 1.165) is 25.9 Å². The van der Waals surface area contributed by atoms with E-state index in [1.54, 1.807) is 0 Å². The third-order valence-corrected chi connectivity index (χ3v) is 3.88. The van der Waals surface area contributed by atoms with Gasteiger partial charge in [-0.05, 0) is 32.3 Å². The molecule has 2 N–H and O–H groups in total. The van der Waals surface area contributed by atoms with Crippen molar-refractivity contribution in [1.29, 1.82) is 0 Å². The van der Waals surface area contributed by atoms with Crippen LogP contribution in [-0.2, 0) is 11.3 Å². The van der Waals surface area contributed by atoms with Crippen LogP contribution in [0.5, 0.6) is 0 Å². The van der Waals surface area contributed by atoms with Crippen molar-refractivity contribution in [2.45, 2.75) is 39.3 Å². The minimum Gasteiger partial charge on any atom is -0.369 e. The lowest BCUT2D eigenvalue weighted by Crippen LogP contribution is -2.45. The van der Waals surface area contributed by atoms with E-state index in [0.29, 0.717) is 6.04 Å². The largest absolute Gasteiger partial charge is 0.369 e. The van der Waals surface area contributed by atoms with Crippen molar-refractivity contribution in [3.05, 3.63) is 35.4 Å². The van der Waals surface area contributed by atoms with Gasteiger partial charge in [0.15, 0.2) is 0 Å². The van der Waals surface area contributed by atoms with E-state index >= 15 is 0 Å². The molecule has 1 aromatic rings. The predicted octanol–water partition coefficient (Wildman–Crippen LogP) is 2.08. The molecule has 1 aromatic carbocycles. The third-order valence-electron chi connectivity index (χ3n) is 3.88. The number of amides is 1. The summed E-state index contributed by atoms with van der Waals surface area (Å²) in [6.45, 7) is 6.04. The Morgan fingerprint density at radius 2 is 2.22 bits per heavy atom. The summed E-state index contributed by atoms with van der Waals surface area (Å²) in [6.07, 6.45) is 1.99. The fourth-order valence-corrected chi connectivity index (χ4v) is 2.68. The molecule has 0 bridgehead atoms. The zero-order chi connectivity index (χ0) is 13.1. The molecule has 2 rings (SSSR count). The Bertz CT molecular complexity index is 430. The van der Waals surface area contributed by atoms with Gasteiger partial charge in [0.1, 0.15) is 0 Å². The Morgan fingerprint density at radius 1 is 1.44 bits per heavy atom. The van der Waals surface area contributed by atoms with Crippen LogP contribution in [0.2, 0.25) is 0 Å². The highest BCUT2D eigenvalue weighted by Crippen LogP contribution is 2.23. The summed E-state index contributed by atoms with van der Waals surface area (Å²) in [7, 11) is 0. The van der Waals surface area contributed by atoms with E-state index < -0.39 is 0 Å². The Labute approximate surface area is 109 Å². The number of hydrogen-bond acceptors (Lipinski definition) is 2. The first-order valence-corrected chi connectivity index (χ1v) is 6.65. The Morgan fingerprint density at radius 3 is 2.89 bits per heavy atom. The maximum atomic E-state index is 11.3. The van der Waals surface area contributed by atoms with Gasteiger partial charge < -0.3 is 5.73 Å². The van der Waals surface area contributed by atoms with Crippen molar-refractivity contribution in [1.82, 2.24) is 4.90 Å². The molecule has 0 spiro atoms. The summed E-state index contributed by atoms with van der Waals surface area (Å²) >= 11 is 0. The summed E-state index contributed by atoms with van der Waals surface area (Å²) in [4.78, 5) is 13.7. The topological polar surface area (TPSA) is 46.3 Å². The van der Waals surface area contributed by atoms with Gasteiger partial charge in [-0.1, -0.05) is 29.8 Å². The van der Waals surface area contributed by atoms with Gasteiger partial charge in [0.25, 0.3) is 0 Å². The van der Waals surface area contributed by atoms with Crippen molar-refractivity contribution in [3.63, 3.8) is 0 Å². The van der Waals surface area contributed by atoms with Gasteiger partial charge in [-0.25, -0.2) is 0 Å². The lowest BCUT2D eigenvalue weighted by atomic mass is 9.92. The summed E-state index contributed by atoms with van der Waals surface area (Å²) in [5.74, 6) is -0.137. The molecule has 1 saturated heterocycles. The molecule has 1 aliphatic rings. The van der Waals surface area contributed by atoms with Crippen LogP contribution in [0.25, 0.3) is 0 Å². The maximum absolute atomic E-state index is 11.3. The standard InChI is InChI=1S/C15H22N2O/c1-11-4-3-5-13(8-11)9-17-10-14(15(16)18)7-6-12(17)2/h3-5,8,12,14H,6-7,9-10H2,1-2H3,(H2,16,18).